The highest BCUT2D eigenvalue weighted by Crippen LogP contribution is 2.22. The number of carbonyl (C=O) groups excluding carboxylic acids is 1. The lowest BCUT2D eigenvalue weighted by molar-refractivity contribution is -0.124. The van der Waals surface area contributed by atoms with Crippen LogP contribution in [0.25, 0.3) is 0 Å². The summed E-state index contributed by atoms with van der Waals surface area (Å²) in [6.45, 7) is 2.13. The maximum Gasteiger partial charge on any atom is 0.244 e. The van der Waals surface area contributed by atoms with Crippen molar-refractivity contribution in [3.63, 3.8) is 0 Å². The van der Waals surface area contributed by atoms with Gasteiger partial charge in [0.1, 0.15) is 11.8 Å². The molecule has 1 amide bonds. The van der Waals surface area contributed by atoms with E-state index in [9.17, 15) is 4.79 Å². The Labute approximate surface area is 140 Å². The fourth-order valence-electron chi connectivity index (χ4n) is 2.21. The van der Waals surface area contributed by atoms with Crippen LogP contribution in [0.15, 0.2) is 67.1 Å². The van der Waals surface area contributed by atoms with Crippen LogP contribution < -0.4 is 10.1 Å². The number of amides is 1. The van der Waals surface area contributed by atoms with Gasteiger partial charge in [-0.3, -0.25) is 9.48 Å². The molecule has 0 aliphatic carbocycles. The lowest BCUT2D eigenvalue weighted by Crippen LogP contribution is -2.31. The van der Waals surface area contributed by atoms with Gasteiger partial charge >= 0.3 is 0 Å². The maximum atomic E-state index is 12.3. The van der Waals surface area contributed by atoms with E-state index in [4.69, 9.17) is 4.74 Å². The number of carbonyl (C=O) groups is 1. The van der Waals surface area contributed by atoms with Crippen molar-refractivity contribution in [3.8, 4) is 11.6 Å². The molecular formula is C18H18N4O2. The molecule has 24 heavy (non-hydrogen) atoms. The third-order valence-electron chi connectivity index (χ3n) is 3.56. The maximum absolute atomic E-state index is 12.3. The Morgan fingerprint density at radius 3 is 2.75 bits per heavy atom. The van der Waals surface area contributed by atoms with Crippen LogP contribution in [0, 0.1) is 0 Å². The molecule has 1 atom stereocenters. The minimum atomic E-state index is -0.379. The topological polar surface area (TPSA) is 69.0 Å². The van der Waals surface area contributed by atoms with E-state index in [1.165, 1.54) is 0 Å². The zero-order valence-electron chi connectivity index (χ0n) is 13.3. The first-order valence-electron chi connectivity index (χ1n) is 7.67. The van der Waals surface area contributed by atoms with Crippen molar-refractivity contribution < 1.29 is 9.53 Å². The second-order valence-corrected chi connectivity index (χ2v) is 5.26. The van der Waals surface area contributed by atoms with Crippen LogP contribution in [-0.2, 0) is 11.3 Å². The molecule has 0 aliphatic heterocycles. The number of pyridine rings is 1. The van der Waals surface area contributed by atoms with E-state index >= 15 is 0 Å². The Morgan fingerprint density at radius 1 is 1.17 bits per heavy atom. The van der Waals surface area contributed by atoms with Crippen molar-refractivity contribution in [2.24, 2.45) is 0 Å². The molecule has 3 rings (SSSR count). The summed E-state index contributed by atoms with van der Waals surface area (Å²) >= 11 is 0. The third kappa shape index (κ3) is 3.78. The van der Waals surface area contributed by atoms with Crippen LogP contribution in [0.4, 0.5) is 0 Å². The van der Waals surface area contributed by atoms with E-state index in [1.54, 1.807) is 36.3 Å². The van der Waals surface area contributed by atoms with Gasteiger partial charge < -0.3 is 10.1 Å². The Bertz CT molecular complexity index is 788. The summed E-state index contributed by atoms with van der Waals surface area (Å²) in [6.07, 6.45) is 5.07. The van der Waals surface area contributed by atoms with Gasteiger partial charge in [0.25, 0.3) is 0 Å². The zero-order chi connectivity index (χ0) is 16.8. The predicted molar refractivity (Wildman–Crippen MR) is 89.5 cm³/mol. The Morgan fingerprint density at radius 2 is 2.00 bits per heavy atom. The first-order chi connectivity index (χ1) is 11.7. The molecule has 6 nitrogen and oxygen atoms in total. The van der Waals surface area contributed by atoms with Crippen molar-refractivity contribution in [3.05, 3.63) is 72.7 Å². The summed E-state index contributed by atoms with van der Waals surface area (Å²) in [5, 5.41) is 6.98. The first-order valence-corrected chi connectivity index (χ1v) is 7.67. The van der Waals surface area contributed by atoms with Crippen LogP contribution in [0.3, 0.4) is 0 Å². The molecule has 2 aromatic heterocycles. The summed E-state index contributed by atoms with van der Waals surface area (Å²) in [7, 11) is 0. The number of nitrogens with zero attached hydrogens (tertiary/aromatic N) is 3. The first kappa shape index (κ1) is 15.7. The van der Waals surface area contributed by atoms with Crippen molar-refractivity contribution in [1.29, 1.82) is 0 Å². The van der Waals surface area contributed by atoms with Crippen molar-refractivity contribution in [2.75, 3.05) is 0 Å². The molecule has 0 saturated heterocycles. The van der Waals surface area contributed by atoms with Crippen molar-refractivity contribution in [1.82, 2.24) is 20.1 Å². The van der Waals surface area contributed by atoms with Crippen LogP contribution in [0.5, 0.6) is 11.6 Å². The van der Waals surface area contributed by atoms with E-state index in [1.807, 2.05) is 42.5 Å². The van der Waals surface area contributed by atoms with Gasteiger partial charge in [0, 0.05) is 30.7 Å². The number of hydrogen-bond donors (Lipinski definition) is 1. The highest BCUT2D eigenvalue weighted by molar-refractivity contribution is 5.79. The van der Waals surface area contributed by atoms with Gasteiger partial charge in [-0.05, 0) is 31.2 Å². The van der Waals surface area contributed by atoms with Crippen LogP contribution >= 0.6 is 0 Å². The van der Waals surface area contributed by atoms with Crippen molar-refractivity contribution >= 4 is 5.91 Å². The third-order valence-corrected chi connectivity index (χ3v) is 3.56. The SMILES string of the molecule is C[C@H](C(=O)NCc1cccnc1Oc1ccccc1)n1cccn1. The number of benzene rings is 1. The van der Waals surface area contributed by atoms with Crippen LogP contribution in [0.2, 0.25) is 0 Å². The summed E-state index contributed by atoms with van der Waals surface area (Å²) < 4.78 is 7.41. The van der Waals surface area contributed by atoms with Gasteiger partial charge in [0.05, 0.1) is 0 Å². The Balaban J connectivity index is 1.66. The molecule has 0 fully saturated rings. The molecule has 3 aromatic rings. The highest BCUT2D eigenvalue weighted by atomic mass is 16.5. The second-order valence-electron chi connectivity index (χ2n) is 5.26. The average molecular weight is 322 g/mol. The number of nitrogens with one attached hydrogen (secondary N) is 1. The second kappa shape index (κ2) is 7.41. The Kier molecular flexibility index (Phi) is 4.86. The van der Waals surface area contributed by atoms with Crippen molar-refractivity contribution in [2.45, 2.75) is 19.5 Å². The van der Waals surface area contributed by atoms with Gasteiger partial charge in [-0.2, -0.15) is 5.10 Å². The summed E-state index contributed by atoms with van der Waals surface area (Å²) in [6, 6.07) is 14.5. The number of aromatic nitrogens is 3. The number of para-hydroxylation sites is 1. The van der Waals surface area contributed by atoms with Crippen LogP contribution in [0.1, 0.15) is 18.5 Å². The lowest BCUT2D eigenvalue weighted by atomic mass is 10.2. The summed E-state index contributed by atoms with van der Waals surface area (Å²) in [5.41, 5.74) is 0.808. The Hall–Kier alpha value is -3.15. The highest BCUT2D eigenvalue weighted by Gasteiger charge is 2.15. The quantitative estimate of drug-likeness (QED) is 0.757. The zero-order valence-corrected chi connectivity index (χ0v) is 13.3. The summed E-state index contributed by atoms with van der Waals surface area (Å²) in [4.78, 5) is 16.5. The largest absolute Gasteiger partial charge is 0.439 e. The van der Waals surface area contributed by atoms with Gasteiger partial charge in [0.15, 0.2) is 0 Å². The van der Waals surface area contributed by atoms with E-state index < -0.39 is 0 Å². The fourth-order valence-corrected chi connectivity index (χ4v) is 2.21. The number of rotatable bonds is 6. The van der Waals surface area contributed by atoms with E-state index in [-0.39, 0.29) is 11.9 Å². The summed E-state index contributed by atoms with van der Waals surface area (Å²) in [5.74, 6) is 1.07. The molecule has 0 radical (unpaired) electrons. The van der Waals surface area contributed by atoms with Crippen LogP contribution in [-0.4, -0.2) is 20.7 Å². The molecule has 2 heterocycles. The predicted octanol–water partition coefficient (Wildman–Crippen LogP) is 2.95. The van der Waals surface area contributed by atoms with E-state index in [2.05, 4.69) is 15.4 Å². The molecule has 0 unspecified atom stereocenters. The van der Waals surface area contributed by atoms with Gasteiger partial charge in [-0.25, -0.2) is 4.98 Å². The molecule has 1 N–H and O–H groups in total. The molecule has 0 bridgehead atoms. The standard InChI is InChI=1S/C18H18N4O2/c1-14(22-12-6-11-21-22)17(23)20-13-15-7-5-10-19-18(15)24-16-8-3-2-4-9-16/h2-12,14H,13H2,1H3,(H,20,23)/t14-/m1/s1. The monoisotopic (exact) mass is 322 g/mol. The molecule has 6 heteroatoms. The molecular weight excluding hydrogens is 304 g/mol. The van der Waals surface area contributed by atoms with Gasteiger partial charge in [-0.1, -0.05) is 24.3 Å². The normalized spacial score (nSPS) is 11.7. The van der Waals surface area contributed by atoms with Gasteiger partial charge in [-0.15, -0.1) is 0 Å². The smallest absolute Gasteiger partial charge is 0.244 e. The molecule has 0 saturated carbocycles. The molecule has 0 aliphatic rings. The fraction of sp³-hybridized carbons (Fsp3) is 0.167. The van der Waals surface area contributed by atoms with E-state index in [0.29, 0.717) is 18.2 Å². The number of hydrogen-bond acceptors (Lipinski definition) is 4. The minimum Gasteiger partial charge on any atom is -0.439 e. The number of ether oxygens (including phenoxy) is 1. The molecule has 122 valence electrons. The molecule has 1 aromatic carbocycles. The van der Waals surface area contributed by atoms with Gasteiger partial charge in [0.2, 0.25) is 11.8 Å². The molecule has 0 spiro atoms. The minimum absolute atomic E-state index is 0.117. The van der Waals surface area contributed by atoms with E-state index in [0.717, 1.165) is 5.56 Å². The lowest BCUT2D eigenvalue weighted by Gasteiger charge is -2.14. The average Bonchev–Trinajstić information content (AvgIpc) is 3.15.